The van der Waals surface area contributed by atoms with Gasteiger partial charge >= 0.3 is 5.97 Å². The van der Waals surface area contributed by atoms with Crippen LogP contribution in [0.3, 0.4) is 0 Å². The maximum absolute atomic E-state index is 13.0. The molecule has 0 saturated heterocycles. The highest BCUT2D eigenvalue weighted by molar-refractivity contribution is 5.93. The van der Waals surface area contributed by atoms with Gasteiger partial charge in [-0.2, -0.15) is 0 Å². The number of carbonyl (C=O) groups is 3. The number of nitrogens with one attached hydrogen (secondary N) is 2. The molecule has 4 saturated carbocycles. The molecule has 29 heavy (non-hydrogen) atoms. The molecule has 4 aliphatic carbocycles. The number of esters is 1. The zero-order chi connectivity index (χ0) is 20.6. The minimum absolute atomic E-state index is 0.0446. The van der Waals surface area contributed by atoms with Crippen molar-refractivity contribution in [2.45, 2.75) is 51.5 Å². The fraction of sp³-hybridized carbons (Fsp3) is 0.591. The van der Waals surface area contributed by atoms with Crippen LogP contribution in [0.5, 0.6) is 0 Å². The van der Waals surface area contributed by atoms with Crippen molar-refractivity contribution in [2.75, 3.05) is 11.9 Å². The maximum atomic E-state index is 13.0. The molecule has 7 heteroatoms. The zero-order valence-corrected chi connectivity index (χ0v) is 16.6. The number of hydrogen-bond acceptors (Lipinski definition) is 4. The highest BCUT2D eigenvalue weighted by Gasteiger charge is 2.54. The first-order valence-corrected chi connectivity index (χ1v) is 10.4. The van der Waals surface area contributed by atoms with Crippen LogP contribution in [0.15, 0.2) is 24.3 Å². The Balaban J connectivity index is 1.25. The van der Waals surface area contributed by atoms with Gasteiger partial charge in [0.2, 0.25) is 5.91 Å². The van der Waals surface area contributed by atoms with Crippen LogP contribution in [-0.4, -0.2) is 30.4 Å². The number of benzene rings is 1. The van der Waals surface area contributed by atoms with Crippen LogP contribution in [0.1, 0.15) is 45.4 Å². The molecule has 1 aromatic carbocycles. The maximum Gasteiger partial charge on any atom is 0.328 e. The summed E-state index contributed by atoms with van der Waals surface area (Å²) < 4.78 is 17.9. The number of ether oxygens (including phenoxy) is 1. The normalized spacial score (nSPS) is 30.5. The fourth-order valence-corrected chi connectivity index (χ4v) is 5.79. The van der Waals surface area contributed by atoms with E-state index < -0.39 is 30.3 Å². The molecule has 0 heterocycles. The summed E-state index contributed by atoms with van der Waals surface area (Å²) in [5.74, 6) is 0.315. The molecule has 5 rings (SSSR count). The monoisotopic (exact) mass is 402 g/mol. The summed E-state index contributed by atoms with van der Waals surface area (Å²) in [7, 11) is 0. The van der Waals surface area contributed by atoms with E-state index in [1.807, 2.05) is 0 Å². The lowest BCUT2D eigenvalue weighted by Crippen LogP contribution is -2.56. The van der Waals surface area contributed by atoms with Crippen molar-refractivity contribution in [3.05, 3.63) is 30.1 Å². The number of amides is 2. The number of carbonyl (C=O) groups excluding carboxylic acids is 3. The second-order valence-electron chi connectivity index (χ2n) is 9.06. The van der Waals surface area contributed by atoms with Gasteiger partial charge in [-0.25, -0.2) is 9.18 Å². The molecule has 2 N–H and O–H groups in total. The van der Waals surface area contributed by atoms with Gasteiger partial charge in [-0.15, -0.1) is 0 Å². The molecule has 4 fully saturated rings. The topological polar surface area (TPSA) is 84.5 Å². The SMILES string of the molecule is C[C@H](NC(=O)C12CC3CC(CC(C3)C1)C2)C(=O)OCC(=O)Nc1ccc(F)cc1. The fourth-order valence-electron chi connectivity index (χ4n) is 5.79. The molecule has 0 aromatic heterocycles. The van der Waals surface area contributed by atoms with E-state index >= 15 is 0 Å². The number of hydrogen-bond donors (Lipinski definition) is 2. The third-order valence-corrected chi connectivity index (χ3v) is 6.69. The van der Waals surface area contributed by atoms with Crippen molar-refractivity contribution in [3.63, 3.8) is 0 Å². The molecule has 6 nitrogen and oxygen atoms in total. The average Bonchev–Trinajstić information content (AvgIpc) is 2.66. The molecule has 4 aliphatic rings. The van der Waals surface area contributed by atoms with Crippen molar-refractivity contribution >= 4 is 23.5 Å². The van der Waals surface area contributed by atoms with Gasteiger partial charge in [0.1, 0.15) is 11.9 Å². The smallest absolute Gasteiger partial charge is 0.328 e. The summed E-state index contributed by atoms with van der Waals surface area (Å²) in [6.45, 7) is 1.12. The minimum atomic E-state index is -0.811. The van der Waals surface area contributed by atoms with E-state index in [9.17, 15) is 18.8 Å². The van der Waals surface area contributed by atoms with Crippen LogP contribution >= 0.6 is 0 Å². The molecule has 0 unspecified atom stereocenters. The minimum Gasteiger partial charge on any atom is -0.454 e. The van der Waals surface area contributed by atoms with E-state index in [1.54, 1.807) is 6.92 Å². The van der Waals surface area contributed by atoms with Gasteiger partial charge in [-0.1, -0.05) is 0 Å². The standard InChI is InChI=1S/C22H27FN2O4/c1-13(20(27)29-12-19(26)25-18-4-2-17(23)3-5-18)24-21(28)22-9-14-6-15(10-22)8-16(7-14)11-22/h2-5,13-16H,6-12H2,1H3,(H,24,28)(H,25,26)/t13-,14?,15?,16?,22?/m0/s1. The Bertz CT molecular complexity index is 772. The van der Waals surface area contributed by atoms with E-state index in [1.165, 1.54) is 43.5 Å². The van der Waals surface area contributed by atoms with Crippen molar-refractivity contribution in [3.8, 4) is 0 Å². The van der Waals surface area contributed by atoms with E-state index in [4.69, 9.17) is 4.74 Å². The summed E-state index contributed by atoms with van der Waals surface area (Å²) in [6.07, 6.45) is 6.50. The molecule has 1 atom stereocenters. The Morgan fingerprint density at radius 3 is 2.17 bits per heavy atom. The first-order chi connectivity index (χ1) is 13.8. The number of halogens is 1. The largest absolute Gasteiger partial charge is 0.454 e. The second kappa shape index (κ2) is 7.76. The summed E-state index contributed by atoms with van der Waals surface area (Å²) >= 11 is 0. The number of rotatable bonds is 6. The Morgan fingerprint density at radius 2 is 1.62 bits per heavy atom. The van der Waals surface area contributed by atoms with E-state index in [0.717, 1.165) is 19.3 Å². The van der Waals surface area contributed by atoms with Crippen LogP contribution in [0.2, 0.25) is 0 Å². The van der Waals surface area contributed by atoms with E-state index in [0.29, 0.717) is 23.4 Å². The van der Waals surface area contributed by atoms with Gasteiger partial charge in [-0.05, 0) is 87.5 Å². The van der Waals surface area contributed by atoms with Crippen molar-refractivity contribution in [2.24, 2.45) is 23.2 Å². The molecule has 2 amide bonds. The highest BCUT2D eigenvalue weighted by atomic mass is 19.1. The molecule has 156 valence electrons. The van der Waals surface area contributed by atoms with Crippen molar-refractivity contribution in [1.82, 2.24) is 5.32 Å². The van der Waals surface area contributed by atoms with E-state index in [-0.39, 0.29) is 11.3 Å². The highest BCUT2D eigenvalue weighted by Crippen LogP contribution is 2.60. The van der Waals surface area contributed by atoms with Crippen LogP contribution < -0.4 is 10.6 Å². The Morgan fingerprint density at radius 1 is 1.07 bits per heavy atom. The molecule has 1 aromatic rings. The molecule has 0 spiro atoms. The van der Waals surface area contributed by atoms with Crippen LogP contribution in [0.25, 0.3) is 0 Å². The lowest BCUT2D eigenvalue weighted by Gasteiger charge is -2.55. The van der Waals surface area contributed by atoms with Gasteiger partial charge in [0.05, 0.1) is 0 Å². The predicted molar refractivity (Wildman–Crippen MR) is 104 cm³/mol. The lowest BCUT2D eigenvalue weighted by atomic mass is 9.49. The zero-order valence-electron chi connectivity index (χ0n) is 16.6. The Hall–Kier alpha value is -2.44. The molecular formula is C22H27FN2O4. The second-order valence-corrected chi connectivity index (χ2v) is 9.06. The van der Waals surface area contributed by atoms with Gasteiger partial charge in [-0.3, -0.25) is 9.59 Å². The first kappa shape index (κ1) is 19.9. The molecule has 0 radical (unpaired) electrons. The average molecular weight is 402 g/mol. The van der Waals surface area contributed by atoms with Crippen LogP contribution in [0.4, 0.5) is 10.1 Å². The summed E-state index contributed by atoms with van der Waals surface area (Å²) in [6, 6.07) is 4.48. The first-order valence-electron chi connectivity index (χ1n) is 10.4. The van der Waals surface area contributed by atoms with Crippen LogP contribution in [-0.2, 0) is 19.1 Å². The quantitative estimate of drug-likeness (QED) is 0.717. The van der Waals surface area contributed by atoms with Gasteiger partial charge in [0, 0.05) is 11.1 Å². The number of anilines is 1. The van der Waals surface area contributed by atoms with Gasteiger partial charge in [0.15, 0.2) is 6.61 Å². The predicted octanol–water partition coefficient (Wildman–Crippen LogP) is 3.03. The molecular weight excluding hydrogens is 375 g/mol. The molecule has 0 aliphatic heterocycles. The lowest BCUT2D eigenvalue weighted by molar-refractivity contribution is -0.154. The third kappa shape index (κ3) is 4.28. The van der Waals surface area contributed by atoms with Crippen LogP contribution in [0, 0.1) is 29.0 Å². The van der Waals surface area contributed by atoms with Crippen molar-refractivity contribution in [1.29, 1.82) is 0 Å². The Kier molecular flexibility index (Phi) is 5.32. The van der Waals surface area contributed by atoms with Gasteiger partial charge in [0.25, 0.3) is 5.91 Å². The van der Waals surface area contributed by atoms with Gasteiger partial charge < -0.3 is 15.4 Å². The van der Waals surface area contributed by atoms with Crippen molar-refractivity contribution < 1.29 is 23.5 Å². The Labute approximate surface area is 169 Å². The van der Waals surface area contributed by atoms with E-state index in [2.05, 4.69) is 10.6 Å². The summed E-state index contributed by atoms with van der Waals surface area (Å²) in [5, 5.41) is 5.35. The third-order valence-electron chi connectivity index (χ3n) is 6.69. The molecule has 4 bridgehead atoms. The summed E-state index contributed by atoms with van der Waals surface area (Å²) in [5.41, 5.74) is 0.0825. The summed E-state index contributed by atoms with van der Waals surface area (Å²) in [4.78, 5) is 37.1.